The summed E-state index contributed by atoms with van der Waals surface area (Å²) in [5.74, 6) is -3.45. The molecule has 53 heavy (non-hydrogen) atoms. The van der Waals surface area contributed by atoms with E-state index in [-0.39, 0.29) is 25.2 Å². The SMILES string of the molecule is CC[C@H]1OC(=O)C[C@@H](O)[C@H](C)[C@@H](O[C@@H]2O[C@H](C)[C@@H](O)[C@H](OC)[C@H]2O)[C@@H](CC=O)C[C@@H](C)C(=O)/C=C/C(C)=C/[C@@H]1CO[C@@H]1O[C@H](C)[C@@H](O)[C@@H](OC)[C@H]1OC. The van der Waals surface area contributed by atoms with Crippen molar-refractivity contribution < 1.29 is 72.7 Å². The van der Waals surface area contributed by atoms with E-state index in [1.54, 1.807) is 40.7 Å². The number of rotatable bonds is 11. The summed E-state index contributed by atoms with van der Waals surface area (Å²) in [5.41, 5.74) is 0.693. The highest BCUT2D eigenvalue weighted by Crippen LogP contribution is 2.34. The molecule has 0 amide bonds. The van der Waals surface area contributed by atoms with Crippen LogP contribution in [0.3, 0.4) is 0 Å². The Kier molecular flexibility index (Phi) is 18.1. The zero-order valence-electron chi connectivity index (χ0n) is 32.4. The van der Waals surface area contributed by atoms with Crippen molar-refractivity contribution in [2.24, 2.45) is 23.7 Å². The van der Waals surface area contributed by atoms with Crippen molar-refractivity contribution in [3.8, 4) is 0 Å². The lowest BCUT2D eigenvalue weighted by Gasteiger charge is -2.44. The maximum atomic E-state index is 13.5. The average Bonchev–Trinajstić information content (AvgIpc) is 3.12. The van der Waals surface area contributed by atoms with Crippen LogP contribution in [0.5, 0.6) is 0 Å². The van der Waals surface area contributed by atoms with Gasteiger partial charge in [-0.05, 0) is 45.6 Å². The lowest BCUT2D eigenvalue weighted by molar-refractivity contribution is -0.317. The molecule has 3 aliphatic heterocycles. The van der Waals surface area contributed by atoms with Gasteiger partial charge in [-0.25, -0.2) is 0 Å². The summed E-state index contributed by atoms with van der Waals surface area (Å²) in [6, 6.07) is 0. The first-order valence-electron chi connectivity index (χ1n) is 18.5. The summed E-state index contributed by atoms with van der Waals surface area (Å²) >= 11 is 0. The summed E-state index contributed by atoms with van der Waals surface area (Å²) in [7, 11) is 4.27. The van der Waals surface area contributed by atoms with E-state index < -0.39 is 116 Å². The van der Waals surface area contributed by atoms with Crippen LogP contribution in [0.4, 0.5) is 0 Å². The van der Waals surface area contributed by atoms with Crippen LogP contribution in [-0.4, -0.2) is 146 Å². The van der Waals surface area contributed by atoms with Crippen LogP contribution in [0.2, 0.25) is 0 Å². The number of hydrogen-bond acceptors (Lipinski definition) is 15. The Morgan fingerprint density at radius 2 is 1.43 bits per heavy atom. The number of aldehydes is 1. The number of aliphatic hydroxyl groups is 4. The minimum Gasteiger partial charge on any atom is -0.462 e. The molecule has 0 saturated carbocycles. The second-order valence-electron chi connectivity index (χ2n) is 14.6. The van der Waals surface area contributed by atoms with E-state index in [0.29, 0.717) is 18.3 Å². The second-order valence-corrected chi connectivity index (χ2v) is 14.6. The molecule has 4 N–H and O–H groups in total. The van der Waals surface area contributed by atoms with Gasteiger partial charge in [0, 0.05) is 45.5 Å². The van der Waals surface area contributed by atoms with Crippen LogP contribution in [0.15, 0.2) is 23.8 Å². The molecule has 0 spiro atoms. The van der Waals surface area contributed by atoms with E-state index in [2.05, 4.69) is 0 Å². The van der Waals surface area contributed by atoms with Gasteiger partial charge in [-0.3, -0.25) is 9.59 Å². The molecule has 0 aromatic rings. The Balaban J connectivity index is 1.95. The smallest absolute Gasteiger partial charge is 0.308 e. The molecule has 0 aliphatic carbocycles. The predicted molar refractivity (Wildman–Crippen MR) is 189 cm³/mol. The number of allylic oxidation sites excluding steroid dienone is 3. The Morgan fingerprint density at radius 1 is 0.830 bits per heavy atom. The number of hydrogen-bond donors (Lipinski definition) is 4. The molecule has 3 aliphatic rings. The lowest BCUT2D eigenvalue weighted by atomic mass is 9.79. The van der Waals surface area contributed by atoms with Gasteiger partial charge in [0.2, 0.25) is 0 Å². The van der Waals surface area contributed by atoms with Gasteiger partial charge in [0.15, 0.2) is 18.4 Å². The Hall–Kier alpha value is -2.15. The van der Waals surface area contributed by atoms with Gasteiger partial charge in [0.1, 0.15) is 49.0 Å². The van der Waals surface area contributed by atoms with Crippen LogP contribution < -0.4 is 0 Å². The van der Waals surface area contributed by atoms with Gasteiger partial charge in [-0.1, -0.05) is 38.5 Å². The molecule has 17 atom stereocenters. The van der Waals surface area contributed by atoms with Crippen LogP contribution in [0.25, 0.3) is 0 Å². The van der Waals surface area contributed by atoms with Gasteiger partial charge in [0.05, 0.1) is 37.4 Å². The molecule has 3 heterocycles. The van der Waals surface area contributed by atoms with Gasteiger partial charge in [0.25, 0.3) is 0 Å². The van der Waals surface area contributed by atoms with Crippen LogP contribution in [-0.2, 0) is 52.3 Å². The Morgan fingerprint density at radius 3 is 2.02 bits per heavy atom. The van der Waals surface area contributed by atoms with E-state index in [4.69, 9.17) is 37.9 Å². The summed E-state index contributed by atoms with van der Waals surface area (Å²) in [5, 5.41) is 43.6. The predicted octanol–water partition coefficient (Wildman–Crippen LogP) is 1.65. The first-order valence-corrected chi connectivity index (χ1v) is 18.5. The molecule has 15 heteroatoms. The lowest BCUT2D eigenvalue weighted by Crippen LogP contribution is -2.59. The van der Waals surface area contributed by atoms with Crippen LogP contribution >= 0.6 is 0 Å². The minimum absolute atomic E-state index is 0.00659. The Bertz CT molecular complexity index is 1230. The van der Waals surface area contributed by atoms with Crippen molar-refractivity contribution in [2.45, 2.75) is 147 Å². The number of methoxy groups -OCH3 is 3. The minimum atomic E-state index is -1.43. The monoisotopic (exact) mass is 758 g/mol. The molecule has 0 aromatic heterocycles. The second kappa shape index (κ2) is 21.2. The van der Waals surface area contributed by atoms with Crippen molar-refractivity contribution >= 4 is 18.0 Å². The topological polar surface area (TPSA) is 206 Å². The number of ether oxygens (including phenoxy) is 8. The maximum absolute atomic E-state index is 13.5. The summed E-state index contributed by atoms with van der Waals surface area (Å²) in [4.78, 5) is 38.9. The van der Waals surface area contributed by atoms with E-state index in [1.165, 1.54) is 27.4 Å². The van der Waals surface area contributed by atoms with Gasteiger partial charge in [-0.15, -0.1) is 0 Å². The van der Waals surface area contributed by atoms with Gasteiger partial charge in [-0.2, -0.15) is 0 Å². The highest BCUT2D eigenvalue weighted by molar-refractivity contribution is 5.91. The third-order valence-corrected chi connectivity index (χ3v) is 10.8. The zero-order chi connectivity index (χ0) is 39.6. The van der Waals surface area contributed by atoms with Crippen molar-refractivity contribution in [1.82, 2.24) is 0 Å². The standard InChI is InChI=1S/C38H62O15/c1-10-28-25(18-49-38-36(48-9)35(47-8)31(44)23(6)51-38)15-19(2)11-12-26(40)20(3)16-24(13-14-39)33(21(4)27(41)17-29(42)52-28)53-37-32(45)34(46-7)30(43)22(5)50-37/h11-12,14-15,20-25,27-28,30-38,41,43-45H,10,13,16-18H2,1-9H3/b12-11+,19-15+/t20-,21+,22-,23-,24+,25-,27-,28-,30-,31-,32-,33-,34+,35-,36-,37+,38-/m1/s1. The normalized spacial score (nSPS) is 44.1. The molecule has 304 valence electrons. The van der Waals surface area contributed by atoms with Gasteiger partial charge >= 0.3 is 5.97 Å². The average molecular weight is 759 g/mol. The fourth-order valence-corrected chi connectivity index (χ4v) is 7.41. The maximum Gasteiger partial charge on any atom is 0.308 e. The van der Waals surface area contributed by atoms with E-state index in [1.807, 2.05) is 13.0 Å². The molecule has 0 radical (unpaired) electrons. The molecule has 3 rings (SSSR count). The van der Waals surface area contributed by atoms with Crippen LogP contribution in [0, 0.1) is 23.7 Å². The zero-order valence-corrected chi connectivity index (χ0v) is 32.4. The molecule has 15 nitrogen and oxygen atoms in total. The number of esters is 1. The Labute approximate surface area is 312 Å². The summed E-state index contributed by atoms with van der Waals surface area (Å²) in [6.45, 7) is 10.3. The highest BCUT2D eigenvalue weighted by Gasteiger charge is 2.47. The third-order valence-electron chi connectivity index (χ3n) is 10.8. The van der Waals surface area contributed by atoms with Crippen molar-refractivity contribution in [3.05, 3.63) is 23.8 Å². The number of ketones is 1. The molecule has 0 unspecified atom stereocenters. The van der Waals surface area contributed by atoms with Gasteiger partial charge < -0.3 is 63.1 Å². The first-order chi connectivity index (χ1) is 25.1. The van der Waals surface area contributed by atoms with Crippen LogP contribution in [0.1, 0.15) is 67.2 Å². The number of carbonyl (C=O) groups excluding carboxylic acids is 3. The molecular weight excluding hydrogens is 696 g/mol. The van der Waals surface area contributed by atoms with E-state index in [0.717, 1.165) is 0 Å². The largest absolute Gasteiger partial charge is 0.462 e. The number of aliphatic hydroxyl groups excluding tert-OH is 4. The number of cyclic esters (lactones) is 1. The summed E-state index contributed by atoms with van der Waals surface area (Å²) in [6.07, 6.45) is -6.96. The first kappa shape index (κ1) is 45.2. The summed E-state index contributed by atoms with van der Waals surface area (Å²) < 4.78 is 46.7. The molecule has 0 bridgehead atoms. The number of carbonyl (C=O) groups is 3. The molecular formula is C38H62O15. The molecule has 2 saturated heterocycles. The fourth-order valence-electron chi connectivity index (χ4n) is 7.41. The third kappa shape index (κ3) is 11.7. The fraction of sp³-hybridized carbons (Fsp3) is 0.816. The van der Waals surface area contributed by atoms with Crippen molar-refractivity contribution in [2.75, 3.05) is 27.9 Å². The molecule has 2 fully saturated rings. The van der Waals surface area contributed by atoms with E-state index in [9.17, 15) is 34.8 Å². The quantitative estimate of drug-likeness (QED) is 0.175. The van der Waals surface area contributed by atoms with Crippen molar-refractivity contribution in [1.29, 1.82) is 0 Å². The van der Waals surface area contributed by atoms with E-state index >= 15 is 0 Å². The highest BCUT2D eigenvalue weighted by atomic mass is 16.7. The molecule has 0 aromatic carbocycles. The van der Waals surface area contributed by atoms with Crippen molar-refractivity contribution in [3.63, 3.8) is 0 Å².